The first-order chi connectivity index (χ1) is 10.1. The minimum absolute atomic E-state index is 0.0384. The third-order valence-corrected chi connectivity index (χ3v) is 6.17. The molecule has 1 heterocycles. The number of rotatable bonds is 7. The number of hydrogen-bond donors (Lipinski definition) is 1. The predicted molar refractivity (Wildman–Crippen MR) is 91.4 cm³/mol. The van der Waals surface area contributed by atoms with Gasteiger partial charge in [-0.3, -0.25) is 10.1 Å². The van der Waals surface area contributed by atoms with Gasteiger partial charge in [-0.1, -0.05) is 40.0 Å². The van der Waals surface area contributed by atoms with Crippen LogP contribution in [0.1, 0.15) is 59.3 Å². The highest BCUT2D eigenvalue weighted by Crippen LogP contribution is 2.35. The van der Waals surface area contributed by atoms with Crippen LogP contribution < -0.4 is 5.32 Å². The summed E-state index contributed by atoms with van der Waals surface area (Å²) < 4.78 is 0. The van der Waals surface area contributed by atoms with E-state index in [0.29, 0.717) is 23.8 Å². The zero-order valence-electron chi connectivity index (χ0n) is 14.1. The summed E-state index contributed by atoms with van der Waals surface area (Å²) in [5.74, 6) is 2.51. The first-order valence-electron chi connectivity index (χ1n) is 8.71. The lowest BCUT2D eigenvalue weighted by molar-refractivity contribution is -0.133. The number of thioether (sulfide) groups is 1. The van der Waals surface area contributed by atoms with Crippen molar-refractivity contribution in [3.8, 4) is 0 Å². The second-order valence-electron chi connectivity index (χ2n) is 6.78. The summed E-state index contributed by atoms with van der Waals surface area (Å²) in [6.45, 7) is 6.61. The molecule has 1 amide bonds. The van der Waals surface area contributed by atoms with Crippen molar-refractivity contribution in [2.24, 2.45) is 11.8 Å². The maximum absolute atomic E-state index is 13.0. The molecule has 2 rings (SSSR count). The Labute approximate surface area is 134 Å². The maximum Gasteiger partial charge on any atom is 0.241 e. The molecule has 0 aromatic rings. The van der Waals surface area contributed by atoms with Crippen LogP contribution >= 0.6 is 11.8 Å². The molecule has 1 N–H and O–H groups in total. The Morgan fingerprint density at radius 1 is 1.29 bits per heavy atom. The molecule has 3 nitrogen and oxygen atoms in total. The van der Waals surface area contributed by atoms with Crippen molar-refractivity contribution in [1.82, 2.24) is 10.2 Å². The van der Waals surface area contributed by atoms with Gasteiger partial charge in [0.1, 0.15) is 0 Å². The molecule has 2 aliphatic rings. The molecule has 4 unspecified atom stereocenters. The number of carbonyl (C=O) groups is 1. The zero-order valence-corrected chi connectivity index (χ0v) is 14.9. The van der Waals surface area contributed by atoms with Crippen LogP contribution in [0.3, 0.4) is 0 Å². The minimum Gasteiger partial charge on any atom is -0.322 e. The van der Waals surface area contributed by atoms with Crippen molar-refractivity contribution in [2.75, 3.05) is 12.0 Å². The van der Waals surface area contributed by atoms with Gasteiger partial charge >= 0.3 is 0 Å². The van der Waals surface area contributed by atoms with E-state index >= 15 is 0 Å². The van der Waals surface area contributed by atoms with Crippen molar-refractivity contribution in [3.05, 3.63) is 0 Å². The van der Waals surface area contributed by atoms with E-state index in [1.807, 2.05) is 11.8 Å². The van der Waals surface area contributed by atoms with E-state index in [0.717, 1.165) is 18.6 Å². The van der Waals surface area contributed by atoms with Gasteiger partial charge in [0.05, 0.1) is 12.2 Å². The molecule has 2 fully saturated rings. The van der Waals surface area contributed by atoms with Gasteiger partial charge in [0, 0.05) is 11.8 Å². The van der Waals surface area contributed by atoms with Gasteiger partial charge in [-0.15, -0.1) is 0 Å². The fraction of sp³-hybridized carbons (Fsp3) is 0.941. The number of hydrogen-bond acceptors (Lipinski definition) is 3. The van der Waals surface area contributed by atoms with E-state index in [1.54, 1.807) is 0 Å². The Bertz CT molecular complexity index is 344. The summed E-state index contributed by atoms with van der Waals surface area (Å²) in [5.41, 5.74) is 0. The molecule has 1 aliphatic carbocycles. The summed E-state index contributed by atoms with van der Waals surface area (Å²) >= 11 is 1.86. The van der Waals surface area contributed by atoms with Crippen LogP contribution in [0.2, 0.25) is 0 Å². The van der Waals surface area contributed by atoms with Gasteiger partial charge < -0.3 is 4.90 Å². The van der Waals surface area contributed by atoms with Crippen molar-refractivity contribution < 1.29 is 4.79 Å². The van der Waals surface area contributed by atoms with Crippen molar-refractivity contribution in [3.63, 3.8) is 0 Å². The van der Waals surface area contributed by atoms with Gasteiger partial charge in [-0.05, 0) is 37.4 Å². The molecule has 4 atom stereocenters. The normalized spacial score (nSPS) is 30.1. The molecule has 0 bridgehead atoms. The molecule has 0 radical (unpaired) electrons. The second-order valence-corrected chi connectivity index (χ2v) is 7.69. The van der Waals surface area contributed by atoms with Gasteiger partial charge in [0.15, 0.2) is 0 Å². The van der Waals surface area contributed by atoms with Crippen LogP contribution in [0.15, 0.2) is 0 Å². The molecule has 1 saturated heterocycles. The zero-order chi connectivity index (χ0) is 15.4. The Morgan fingerprint density at radius 2 is 1.95 bits per heavy atom. The molecule has 122 valence electrons. The quantitative estimate of drug-likeness (QED) is 0.781. The summed E-state index contributed by atoms with van der Waals surface area (Å²) in [6, 6.07) is 0.427. The summed E-state index contributed by atoms with van der Waals surface area (Å²) in [6.07, 6.45) is 9.79. The minimum atomic E-state index is 0.0384. The molecule has 1 saturated carbocycles. The van der Waals surface area contributed by atoms with Crippen LogP contribution in [0.25, 0.3) is 0 Å². The van der Waals surface area contributed by atoms with E-state index in [1.165, 1.54) is 25.7 Å². The van der Waals surface area contributed by atoms with E-state index in [-0.39, 0.29) is 12.2 Å². The molecule has 1 aliphatic heterocycles. The lowest BCUT2D eigenvalue weighted by atomic mass is 9.99. The van der Waals surface area contributed by atoms with E-state index in [4.69, 9.17) is 0 Å². The third-order valence-electron chi connectivity index (χ3n) is 5.45. The molecule has 0 aromatic carbocycles. The third kappa shape index (κ3) is 3.58. The molecular formula is C17H32N2OS. The predicted octanol–water partition coefficient (Wildman–Crippen LogP) is 3.49. The Hall–Kier alpha value is -0.220. The van der Waals surface area contributed by atoms with Crippen LogP contribution in [0, 0.1) is 11.8 Å². The molecule has 0 spiro atoms. The second kappa shape index (κ2) is 7.87. The van der Waals surface area contributed by atoms with Gasteiger partial charge in [-0.2, -0.15) is 11.8 Å². The van der Waals surface area contributed by atoms with Crippen LogP contribution in [0.4, 0.5) is 0 Å². The van der Waals surface area contributed by atoms with Crippen LogP contribution in [0.5, 0.6) is 0 Å². The standard InChI is InChI=1S/C17H32N2OS/c1-5-12(3)15-17(20)19(14(6-2)11-21-4)16(18-15)13-9-7-8-10-13/h12-16,18H,5-11H2,1-4H3. The first kappa shape index (κ1) is 17.1. The number of nitrogens with zero attached hydrogens (tertiary/aromatic N) is 1. The van der Waals surface area contributed by atoms with Crippen molar-refractivity contribution >= 4 is 17.7 Å². The topological polar surface area (TPSA) is 32.3 Å². The molecule has 4 heteroatoms. The summed E-state index contributed by atoms with van der Waals surface area (Å²) in [5, 5.41) is 3.72. The fourth-order valence-corrected chi connectivity index (χ4v) is 4.69. The average molecular weight is 313 g/mol. The van der Waals surface area contributed by atoms with Gasteiger partial charge in [0.2, 0.25) is 5.91 Å². The summed E-state index contributed by atoms with van der Waals surface area (Å²) in [4.78, 5) is 15.2. The van der Waals surface area contributed by atoms with E-state index in [2.05, 4.69) is 37.2 Å². The monoisotopic (exact) mass is 312 g/mol. The number of carbonyl (C=O) groups excluding carboxylic acids is 1. The van der Waals surface area contributed by atoms with Crippen molar-refractivity contribution in [2.45, 2.75) is 77.5 Å². The maximum atomic E-state index is 13.0. The largest absolute Gasteiger partial charge is 0.322 e. The van der Waals surface area contributed by atoms with Gasteiger partial charge in [0.25, 0.3) is 0 Å². The molecule has 0 aromatic heterocycles. The van der Waals surface area contributed by atoms with E-state index < -0.39 is 0 Å². The smallest absolute Gasteiger partial charge is 0.241 e. The summed E-state index contributed by atoms with van der Waals surface area (Å²) in [7, 11) is 0. The lowest BCUT2D eigenvalue weighted by Crippen LogP contribution is -2.48. The fourth-order valence-electron chi connectivity index (χ4n) is 3.91. The Kier molecular flexibility index (Phi) is 6.42. The van der Waals surface area contributed by atoms with Crippen LogP contribution in [-0.4, -0.2) is 41.1 Å². The lowest BCUT2D eigenvalue weighted by Gasteiger charge is -2.35. The Balaban J connectivity index is 2.19. The molecule has 21 heavy (non-hydrogen) atoms. The SMILES string of the molecule is CCC(C)C1NC(C2CCCC2)N(C(CC)CSC)C1=O. The van der Waals surface area contributed by atoms with Crippen molar-refractivity contribution in [1.29, 1.82) is 0 Å². The Morgan fingerprint density at radius 3 is 2.48 bits per heavy atom. The highest BCUT2D eigenvalue weighted by molar-refractivity contribution is 7.98. The number of amides is 1. The van der Waals surface area contributed by atoms with E-state index in [9.17, 15) is 4.79 Å². The highest BCUT2D eigenvalue weighted by atomic mass is 32.2. The first-order valence-corrected chi connectivity index (χ1v) is 10.1. The number of nitrogens with one attached hydrogen (secondary N) is 1. The van der Waals surface area contributed by atoms with Crippen LogP contribution in [-0.2, 0) is 4.79 Å². The molecular weight excluding hydrogens is 280 g/mol. The average Bonchev–Trinajstić information content (AvgIpc) is 3.12. The van der Waals surface area contributed by atoms with Gasteiger partial charge in [-0.25, -0.2) is 0 Å². The highest BCUT2D eigenvalue weighted by Gasteiger charge is 2.46.